The van der Waals surface area contributed by atoms with Crippen molar-refractivity contribution in [1.82, 2.24) is 9.80 Å². The van der Waals surface area contributed by atoms with Gasteiger partial charge in [-0.05, 0) is 48.9 Å². The highest BCUT2D eigenvalue weighted by molar-refractivity contribution is 5.34. The van der Waals surface area contributed by atoms with Crippen LogP contribution in [0.1, 0.15) is 56.4 Å². The molecule has 1 atom stereocenters. The van der Waals surface area contributed by atoms with Crippen molar-refractivity contribution in [2.24, 2.45) is 0 Å². The molecule has 4 rings (SSSR count). The lowest BCUT2D eigenvalue weighted by Crippen LogP contribution is -2.46. The Morgan fingerprint density at radius 3 is 2.21 bits per heavy atom. The molecule has 2 fully saturated rings. The number of ether oxygens (including phenoxy) is 1. The second-order valence-corrected chi connectivity index (χ2v) is 8.93. The van der Waals surface area contributed by atoms with E-state index in [-0.39, 0.29) is 18.3 Å². The largest absolute Gasteiger partial charge is 0.495 e. The van der Waals surface area contributed by atoms with Crippen molar-refractivity contribution in [2.75, 3.05) is 46.4 Å². The first kappa shape index (κ1) is 25.3. The van der Waals surface area contributed by atoms with Gasteiger partial charge in [0, 0.05) is 32.1 Å². The van der Waals surface area contributed by atoms with Gasteiger partial charge in [-0.1, -0.05) is 56.7 Å². The molecule has 5 heteroatoms. The second-order valence-electron chi connectivity index (χ2n) is 8.93. The molecule has 0 amide bonds. The van der Waals surface area contributed by atoms with Crippen molar-refractivity contribution in [3.8, 4) is 0 Å². The molecule has 33 heavy (non-hydrogen) atoms. The second kappa shape index (κ2) is 14.0. The van der Waals surface area contributed by atoms with E-state index in [1.54, 1.807) is 19.2 Å². The zero-order valence-corrected chi connectivity index (χ0v) is 20.0. The molecule has 0 spiro atoms. The van der Waals surface area contributed by atoms with Crippen LogP contribution in [-0.2, 0) is 4.74 Å². The summed E-state index contributed by atoms with van der Waals surface area (Å²) in [4.78, 5) is 4.70. The third-order valence-corrected chi connectivity index (χ3v) is 6.71. The number of rotatable bonds is 7. The molecule has 1 aliphatic heterocycles. The number of methoxy groups -OCH3 is 1. The Morgan fingerprint density at radius 2 is 1.61 bits per heavy atom. The number of piperazine rings is 1. The number of hydrogen-bond donors (Lipinski definition) is 1. The zero-order chi connectivity index (χ0) is 23.3. The lowest BCUT2D eigenvalue weighted by atomic mass is 9.95. The van der Waals surface area contributed by atoms with E-state index in [0.717, 1.165) is 50.6 Å². The highest BCUT2D eigenvalue weighted by Crippen LogP contribution is 2.24. The molecule has 1 aromatic carbocycles. The van der Waals surface area contributed by atoms with Crippen molar-refractivity contribution in [3.63, 3.8) is 0 Å². The third kappa shape index (κ3) is 7.89. The summed E-state index contributed by atoms with van der Waals surface area (Å²) >= 11 is 0. The van der Waals surface area contributed by atoms with Gasteiger partial charge < -0.3 is 14.7 Å². The fourth-order valence-corrected chi connectivity index (χ4v) is 4.67. The predicted octanol–water partition coefficient (Wildman–Crippen LogP) is 5.39. The summed E-state index contributed by atoms with van der Waals surface area (Å²) < 4.78 is 19.5. The van der Waals surface area contributed by atoms with Crippen molar-refractivity contribution in [1.29, 1.82) is 0 Å². The molecule has 0 aromatic heterocycles. The van der Waals surface area contributed by atoms with Crippen LogP contribution in [0, 0.1) is 5.82 Å². The predicted molar refractivity (Wildman–Crippen MR) is 132 cm³/mol. The van der Waals surface area contributed by atoms with Crippen LogP contribution < -0.4 is 0 Å². The Kier molecular flexibility index (Phi) is 10.8. The summed E-state index contributed by atoms with van der Waals surface area (Å²) in [5.74, 6) is 0.458. The lowest BCUT2D eigenvalue weighted by molar-refractivity contribution is 0.141. The highest BCUT2D eigenvalue weighted by Gasteiger charge is 2.22. The number of benzene rings is 1. The SMILES string of the molecule is C1CCCCC1.COC1=CC=C=CC=C1N1CCN(CC[C@@H](CO)c2ccccc2F)CC1. The normalized spacial score (nSPS) is 19.7. The van der Waals surface area contributed by atoms with Crippen LogP contribution in [0.15, 0.2) is 65.8 Å². The molecule has 0 radical (unpaired) electrons. The molecule has 0 bridgehead atoms. The summed E-state index contributed by atoms with van der Waals surface area (Å²) in [6.45, 7) is 4.49. The standard InChI is InChI=1S/C22H27FN2O2.C6H12/c1-27-22-10-4-2-3-9-21(22)25-15-13-24(14-16-25)12-11-18(17-26)19-7-5-6-8-20(19)23;1-2-4-6-5-3-1/h3-10,18,26H,11-17H2,1H3;1-6H2/t18-;/m0./s1. The summed E-state index contributed by atoms with van der Waals surface area (Å²) in [7, 11) is 1.69. The van der Waals surface area contributed by atoms with Crippen molar-refractivity contribution in [3.05, 3.63) is 77.1 Å². The number of halogens is 1. The van der Waals surface area contributed by atoms with Crippen LogP contribution in [0.5, 0.6) is 0 Å². The Labute approximate surface area is 198 Å². The van der Waals surface area contributed by atoms with Crippen LogP contribution in [0.2, 0.25) is 0 Å². The first-order valence-electron chi connectivity index (χ1n) is 12.4. The molecule has 1 aromatic rings. The molecule has 180 valence electrons. The smallest absolute Gasteiger partial charge is 0.142 e. The average molecular weight is 455 g/mol. The Hall–Kier alpha value is -2.33. The van der Waals surface area contributed by atoms with Crippen molar-refractivity contribution in [2.45, 2.75) is 50.9 Å². The first-order valence-corrected chi connectivity index (χ1v) is 12.4. The minimum Gasteiger partial charge on any atom is -0.495 e. The summed E-state index contributed by atoms with van der Waals surface area (Å²) in [6, 6.07) is 6.74. The van der Waals surface area contributed by atoms with E-state index < -0.39 is 0 Å². The molecular formula is C28H39FN2O2. The van der Waals surface area contributed by atoms with Gasteiger partial charge >= 0.3 is 0 Å². The van der Waals surface area contributed by atoms with Crippen LogP contribution >= 0.6 is 0 Å². The Balaban J connectivity index is 0.000000442. The number of nitrogens with zero attached hydrogens (tertiary/aromatic N) is 2. The van der Waals surface area contributed by atoms with Crippen molar-refractivity contribution >= 4 is 0 Å². The minimum absolute atomic E-state index is 0.0326. The van der Waals surface area contributed by atoms with Gasteiger partial charge in [0.1, 0.15) is 11.6 Å². The quantitative estimate of drug-likeness (QED) is 0.561. The Bertz CT molecular complexity index is 834. The maximum atomic E-state index is 14.0. The van der Waals surface area contributed by atoms with E-state index in [4.69, 9.17) is 4.74 Å². The van der Waals surface area contributed by atoms with Crippen LogP contribution in [-0.4, -0.2) is 61.3 Å². The van der Waals surface area contributed by atoms with Gasteiger partial charge in [0.15, 0.2) is 0 Å². The molecule has 3 aliphatic rings. The van der Waals surface area contributed by atoms with E-state index in [1.165, 1.54) is 44.6 Å². The van der Waals surface area contributed by atoms with E-state index in [1.807, 2.05) is 30.4 Å². The van der Waals surface area contributed by atoms with E-state index in [9.17, 15) is 9.50 Å². The summed E-state index contributed by atoms with van der Waals surface area (Å²) in [5, 5.41) is 9.70. The molecule has 4 nitrogen and oxygen atoms in total. The fraction of sp³-hybridized carbons (Fsp3) is 0.536. The molecule has 1 saturated carbocycles. The number of allylic oxidation sites excluding steroid dienone is 3. The number of aliphatic hydroxyl groups is 1. The fourth-order valence-electron chi connectivity index (χ4n) is 4.67. The summed E-state index contributed by atoms with van der Waals surface area (Å²) in [6.07, 6.45) is 17.5. The van der Waals surface area contributed by atoms with Crippen LogP contribution in [0.25, 0.3) is 0 Å². The average Bonchev–Trinajstić information content (AvgIpc) is 3.13. The molecular weight excluding hydrogens is 415 g/mol. The zero-order valence-electron chi connectivity index (χ0n) is 20.0. The van der Waals surface area contributed by atoms with E-state index in [0.29, 0.717) is 5.56 Å². The molecule has 2 aliphatic carbocycles. The van der Waals surface area contributed by atoms with Gasteiger partial charge in [0.2, 0.25) is 0 Å². The molecule has 1 N–H and O–H groups in total. The first-order chi connectivity index (χ1) is 16.2. The Morgan fingerprint density at radius 1 is 0.970 bits per heavy atom. The number of hydrogen-bond acceptors (Lipinski definition) is 4. The van der Waals surface area contributed by atoms with Gasteiger partial charge in [0.05, 0.1) is 19.4 Å². The lowest BCUT2D eigenvalue weighted by Gasteiger charge is -2.37. The monoisotopic (exact) mass is 454 g/mol. The minimum atomic E-state index is -0.234. The molecule has 0 unspecified atom stereocenters. The number of aliphatic hydroxyl groups excluding tert-OH is 1. The molecule has 1 saturated heterocycles. The van der Waals surface area contributed by atoms with E-state index in [2.05, 4.69) is 15.5 Å². The molecule has 1 heterocycles. The van der Waals surface area contributed by atoms with Gasteiger partial charge in [-0.25, -0.2) is 4.39 Å². The highest BCUT2D eigenvalue weighted by atomic mass is 19.1. The topological polar surface area (TPSA) is 35.9 Å². The van der Waals surface area contributed by atoms with Crippen LogP contribution in [0.4, 0.5) is 4.39 Å². The van der Waals surface area contributed by atoms with Gasteiger partial charge in [-0.15, -0.1) is 5.73 Å². The van der Waals surface area contributed by atoms with Gasteiger partial charge in [0.25, 0.3) is 0 Å². The van der Waals surface area contributed by atoms with Crippen LogP contribution in [0.3, 0.4) is 0 Å². The van der Waals surface area contributed by atoms with E-state index >= 15 is 0 Å². The summed E-state index contributed by atoms with van der Waals surface area (Å²) in [5.41, 5.74) is 4.76. The maximum absolute atomic E-state index is 14.0. The van der Waals surface area contributed by atoms with Gasteiger partial charge in [-0.2, -0.15) is 0 Å². The maximum Gasteiger partial charge on any atom is 0.142 e. The van der Waals surface area contributed by atoms with Gasteiger partial charge in [-0.3, -0.25) is 4.90 Å². The van der Waals surface area contributed by atoms with Crippen molar-refractivity contribution < 1.29 is 14.2 Å². The third-order valence-electron chi connectivity index (χ3n) is 6.71.